The lowest BCUT2D eigenvalue weighted by Gasteiger charge is -2.28. The summed E-state index contributed by atoms with van der Waals surface area (Å²) in [6.45, 7) is 3.57. The molecule has 102 valence electrons. The maximum Gasteiger partial charge on any atom is 0.326 e. The van der Waals surface area contributed by atoms with Crippen molar-refractivity contribution in [2.24, 2.45) is 11.3 Å². The lowest BCUT2D eigenvalue weighted by molar-refractivity contribution is -0.144. The average Bonchev–Trinajstić information content (AvgIpc) is 3.05. The summed E-state index contributed by atoms with van der Waals surface area (Å²) in [6.07, 6.45) is 4.40. The van der Waals surface area contributed by atoms with Gasteiger partial charge in [0.25, 0.3) is 0 Å². The molecule has 2 atom stereocenters. The lowest BCUT2D eigenvalue weighted by atomic mass is 9.81. The minimum atomic E-state index is -0.900. The van der Waals surface area contributed by atoms with E-state index in [2.05, 4.69) is 17.6 Å². The number of hydrogen-bond acceptors (Lipinski definition) is 3. The molecule has 0 aromatic carbocycles. The number of aliphatic carboxylic acids is 1. The Morgan fingerprint density at radius 1 is 1.50 bits per heavy atom. The van der Waals surface area contributed by atoms with Gasteiger partial charge in [-0.05, 0) is 38.1 Å². The maximum atomic E-state index is 12.4. The molecule has 0 spiro atoms. The van der Waals surface area contributed by atoms with Gasteiger partial charge in [-0.1, -0.05) is 13.3 Å². The van der Waals surface area contributed by atoms with Gasteiger partial charge in [0.05, 0.1) is 5.41 Å². The van der Waals surface area contributed by atoms with Crippen molar-refractivity contribution in [3.05, 3.63) is 0 Å². The van der Waals surface area contributed by atoms with Crippen LogP contribution in [-0.2, 0) is 9.59 Å². The zero-order chi connectivity index (χ0) is 13.2. The molecule has 1 aliphatic heterocycles. The normalized spacial score (nSPS) is 28.9. The molecule has 2 rings (SSSR count). The quantitative estimate of drug-likeness (QED) is 0.653. The highest BCUT2D eigenvalue weighted by Gasteiger charge is 2.44. The summed E-state index contributed by atoms with van der Waals surface area (Å²) in [4.78, 5) is 23.6. The number of carboxylic acids is 1. The molecular weight excluding hydrogens is 232 g/mol. The van der Waals surface area contributed by atoms with Crippen LogP contribution in [0.5, 0.6) is 0 Å². The number of hydrogen-bond donors (Lipinski definition) is 3. The molecule has 2 fully saturated rings. The highest BCUT2D eigenvalue weighted by Crippen LogP contribution is 2.35. The third-order valence-corrected chi connectivity index (χ3v) is 4.10. The van der Waals surface area contributed by atoms with E-state index in [4.69, 9.17) is 5.11 Å². The SMILES string of the molecule is CCCC1(C(=O)NC(C(=O)O)C2CC2)CCNC1. The van der Waals surface area contributed by atoms with Crippen molar-refractivity contribution in [1.82, 2.24) is 10.6 Å². The summed E-state index contributed by atoms with van der Waals surface area (Å²) < 4.78 is 0. The van der Waals surface area contributed by atoms with E-state index in [0.29, 0.717) is 6.54 Å². The fourth-order valence-corrected chi connectivity index (χ4v) is 2.85. The van der Waals surface area contributed by atoms with Crippen LogP contribution >= 0.6 is 0 Å². The van der Waals surface area contributed by atoms with E-state index in [9.17, 15) is 9.59 Å². The molecule has 2 unspecified atom stereocenters. The van der Waals surface area contributed by atoms with Gasteiger partial charge < -0.3 is 15.7 Å². The van der Waals surface area contributed by atoms with E-state index in [1.807, 2.05) is 0 Å². The number of rotatable bonds is 6. The van der Waals surface area contributed by atoms with E-state index < -0.39 is 17.4 Å². The van der Waals surface area contributed by atoms with Crippen molar-refractivity contribution in [3.63, 3.8) is 0 Å². The molecule has 2 aliphatic rings. The molecule has 3 N–H and O–H groups in total. The van der Waals surface area contributed by atoms with Crippen LogP contribution < -0.4 is 10.6 Å². The van der Waals surface area contributed by atoms with Gasteiger partial charge in [0.2, 0.25) is 5.91 Å². The molecule has 5 nitrogen and oxygen atoms in total. The molecule has 18 heavy (non-hydrogen) atoms. The molecule has 1 saturated heterocycles. The third-order valence-electron chi connectivity index (χ3n) is 4.10. The zero-order valence-electron chi connectivity index (χ0n) is 10.9. The van der Waals surface area contributed by atoms with E-state index in [1.165, 1.54) is 0 Å². The average molecular weight is 254 g/mol. The van der Waals surface area contributed by atoms with Crippen LogP contribution in [0.15, 0.2) is 0 Å². The molecule has 0 radical (unpaired) electrons. The van der Waals surface area contributed by atoms with Crippen LogP contribution in [-0.4, -0.2) is 36.1 Å². The van der Waals surface area contributed by atoms with Crippen molar-refractivity contribution in [3.8, 4) is 0 Å². The number of carbonyl (C=O) groups excluding carboxylic acids is 1. The Kier molecular flexibility index (Phi) is 3.90. The summed E-state index contributed by atoms with van der Waals surface area (Å²) in [6, 6.07) is -0.688. The first-order valence-electron chi connectivity index (χ1n) is 6.83. The van der Waals surface area contributed by atoms with Gasteiger partial charge in [0, 0.05) is 6.54 Å². The van der Waals surface area contributed by atoms with Crippen molar-refractivity contribution < 1.29 is 14.7 Å². The third kappa shape index (κ3) is 2.66. The summed E-state index contributed by atoms with van der Waals surface area (Å²) in [7, 11) is 0. The molecule has 1 amide bonds. The van der Waals surface area contributed by atoms with E-state index in [1.54, 1.807) is 0 Å². The molecule has 1 aliphatic carbocycles. The van der Waals surface area contributed by atoms with Crippen LogP contribution in [0.1, 0.15) is 39.0 Å². The fourth-order valence-electron chi connectivity index (χ4n) is 2.85. The molecule has 1 heterocycles. The van der Waals surface area contributed by atoms with Gasteiger partial charge >= 0.3 is 5.97 Å². The largest absolute Gasteiger partial charge is 0.480 e. The van der Waals surface area contributed by atoms with Gasteiger partial charge in [-0.25, -0.2) is 4.79 Å². The molecule has 0 bridgehead atoms. The minimum Gasteiger partial charge on any atom is -0.480 e. The van der Waals surface area contributed by atoms with Crippen molar-refractivity contribution in [2.45, 2.75) is 45.1 Å². The molecule has 5 heteroatoms. The van der Waals surface area contributed by atoms with E-state index >= 15 is 0 Å². The Morgan fingerprint density at radius 3 is 2.67 bits per heavy atom. The first kappa shape index (κ1) is 13.3. The van der Waals surface area contributed by atoms with Crippen LogP contribution in [0.25, 0.3) is 0 Å². The fraction of sp³-hybridized carbons (Fsp3) is 0.846. The number of carbonyl (C=O) groups is 2. The molecule has 1 saturated carbocycles. The first-order chi connectivity index (χ1) is 8.59. The van der Waals surface area contributed by atoms with E-state index in [0.717, 1.165) is 38.6 Å². The van der Waals surface area contributed by atoms with Crippen LogP contribution in [0.4, 0.5) is 0 Å². The van der Waals surface area contributed by atoms with Gasteiger partial charge in [-0.15, -0.1) is 0 Å². The predicted molar refractivity (Wildman–Crippen MR) is 67.1 cm³/mol. The van der Waals surface area contributed by atoms with Gasteiger partial charge in [0.1, 0.15) is 6.04 Å². The lowest BCUT2D eigenvalue weighted by Crippen LogP contribution is -2.50. The van der Waals surface area contributed by atoms with Crippen LogP contribution in [0.3, 0.4) is 0 Å². The molecule has 0 aromatic rings. The summed E-state index contributed by atoms with van der Waals surface area (Å²) in [5.74, 6) is -0.836. The highest BCUT2D eigenvalue weighted by atomic mass is 16.4. The summed E-state index contributed by atoms with van der Waals surface area (Å²) in [5, 5.41) is 15.1. The Balaban J connectivity index is 2.02. The van der Waals surface area contributed by atoms with Gasteiger partial charge in [-0.2, -0.15) is 0 Å². The van der Waals surface area contributed by atoms with Crippen molar-refractivity contribution in [1.29, 1.82) is 0 Å². The van der Waals surface area contributed by atoms with E-state index in [-0.39, 0.29) is 11.8 Å². The standard InChI is InChI=1S/C13H22N2O3/c1-2-5-13(6-7-14-8-13)12(18)15-10(11(16)17)9-3-4-9/h9-10,14H,2-8H2,1H3,(H,15,18)(H,16,17). The number of amides is 1. The Bertz CT molecular complexity index is 333. The Labute approximate surface area is 107 Å². The Hall–Kier alpha value is -1.10. The second kappa shape index (κ2) is 5.26. The van der Waals surface area contributed by atoms with Gasteiger partial charge in [0.15, 0.2) is 0 Å². The Morgan fingerprint density at radius 2 is 2.22 bits per heavy atom. The van der Waals surface area contributed by atoms with Gasteiger partial charge in [-0.3, -0.25) is 4.79 Å². The first-order valence-corrected chi connectivity index (χ1v) is 6.83. The summed E-state index contributed by atoms with van der Waals surface area (Å²) >= 11 is 0. The number of carboxylic acid groups (broad SMARTS) is 1. The van der Waals surface area contributed by atoms with Crippen LogP contribution in [0, 0.1) is 11.3 Å². The van der Waals surface area contributed by atoms with Crippen molar-refractivity contribution >= 4 is 11.9 Å². The van der Waals surface area contributed by atoms with Crippen molar-refractivity contribution in [2.75, 3.05) is 13.1 Å². The predicted octanol–water partition coefficient (Wildman–Crippen LogP) is 0.746. The zero-order valence-corrected chi connectivity index (χ0v) is 10.9. The minimum absolute atomic E-state index is 0.0753. The number of nitrogens with one attached hydrogen (secondary N) is 2. The smallest absolute Gasteiger partial charge is 0.326 e. The van der Waals surface area contributed by atoms with Crippen LogP contribution in [0.2, 0.25) is 0 Å². The summed E-state index contributed by atoms with van der Waals surface area (Å²) in [5.41, 5.74) is -0.392. The second-order valence-electron chi connectivity index (χ2n) is 5.58. The monoisotopic (exact) mass is 254 g/mol. The second-order valence-corrected chi connectivity index (χ2v) is 5.58. The molecule has 0 aromatic heterocycles. The molecular formula is C13H22N2O3. The maximum absolute atomic E-state index is 12.4. The highest BCUT2D eigenvalue weighted by molar-refractivity contribution is 5.88. The topological polar surface area (TPSA) is 78.4 Å².